The quantitative estimate of drug-likeness (QED) is 0.669. The molecule has 2 aromatic rings. The number of rotatable bonds is 5. The highest BCUT2D eigenvalue weighted by Crippen LogP contribution is 2.25. The van der Waals surface area contributed by atoms with Crippen molar-refractivity contribution in [2.75, 3.05) is 5.32 Å². The van der Waals surface area contributed by atoms with Crippen LogP contribution in [-0.2, 0) is 4.79 Å². The Morgan fingerprint density at radius 2 is 1.75 bits per heavy atom. The van der Waals surface area contributed by atoms with Gasteiger partial charge in [0.15, 0.2) is 6.10 Å². The fraction of sp³-hybridized carbons (Fsp3) is 0.133. The maximum atomic E-state index is 11.0. The molecule has 104 valence electrons. The second-order valence-corrected chi connectivity index (χ2v) is 4.37. The van der Waals surface area contributed by atoms with E-state index >= 15 is 0 Å². The number of aromatic hydroxyl groups is 1. The minimum absolute atomic E-state index is 0.0617. The highest BCUT2D eigenvalue weighted by atomic mass is 16.4. The molecule has 5 nitrogen and oxygen atoms in total. The van der Waals surface area contributed by atoms with Crippen LogP contribution < -0.4 is 5.32 Å². The molecule has 0 aliphatic carbocycles. The summed E-state index contributed by atoms with van der Waals surface area (Å²) in [5.74, 6) is -1.25. The first-order valence-electron chi connectivity index (χ1n) is 6.09. The van der Waals surface area contributed by atoms with Crippen molar-refractivity contribution in [3.8, 4) is 5.75 Å². The Morgan fingerprint density at radius 3 is 2.35 bits per heavy atom. The number of hydrogen-bond donors (Lipinski definition) is 4. The number of anilines is 1. The third-order valence-electron chi connectivity index (χ3n) is 2.90. The summed E-state index contributed by atoms with van der Waals surface area (Å²) in [6, 6.07) is 14.3. The van der Waals surface area contributed by atoms with Gasteiger partial charge in [-0.05, 0) is 17.7 Å². The number of hydrogen-bond acceptors (Lipinski definition) is 4. The van der Waals surface area contributed by atoms with Crippen molar-refractivity contribution >= 4 is 11.7 Å². The number of phenols is 1. The van der Waals surface area contributed by atoms with Crippen LogP contribution in [0.15, 0.2) is 54.6 Å². The first kappa shape index (κ1) is 13.9. The molecule has 0 radical (unpaired) electrons. The lowest BCUT2D eigenvalue weighted by atomic mass is 10.0. The van der Waals surface area contributed by atoms with E-state index in [0.717, 1.165) is 0 Å². The molecule has 4 N–H and O–H groups in total. The average molecular weight is 273 g/mol. The summed E-state index contributed by atoms with van der Waals surface area (Å²) in [5, 5.41) is 31.2. The van der Waals surface area contributed by atoms with Crippen molar-refractivity contribution in [2.45, 2.75) is 12.1 Å². The Kier molecular flexibility index (Phi) is 4.22. The van der Waals surface area contributed by atoms with Crippen molar-refractivity contribution < 1.29 is 20.1 Å². The highest BCUT2D eigenvalue weighted by Gasteiger charge is 2.27. The van der Waals surface area contributed by atoms with Gasteiger partial charge in [0.2, 0.25) is 0 Å². The largest absolute Gasteiger partial charge is 0.508 e. The van der Waals surface area contributed by atoms with E-state index in [1.54, 1.807) is 36.4 Å². The van der Waals surface area contributed by atoms with E-state index < -0.39 is 18.1 Å². The van der Waals surface area contributed by atoms with Crippen molar-refractivity contribution in [3.63, 3.8) is 0 Å². The average Bonchev–Trinajstić information content (AvgIpc) is 2.45. The highest BCUT2D eigenvalue weighted by molar-refractivity contribution is 5.74. The SMILES string of the molecule is O=C(O)C(O)C(Nc1cccc(O)c1)c1ccccc1. The Bertz CT molecular complexity index is 585. The van der Waals surface area contributed by atoms with Gasteiger partial charge in [-0.1, -0.05) is 36.4 Å². The molecule has 0 amide bonds. The summed E-state index contributed by atoms with van der Waals surface area (Å²) in [7, 11) is 0. The van der Waals surface area contributed by atoms with Crippen molar-refractivity contribution in [3.05, 3.63) is 60.2 Å². The number of nitrogens with one attached hydrogen (secondary N) is 1. The molecular weight excluding hydrogens is 258 g/mol. The maximum Gasteiger partial charge on any atom is 0.335 e. The van der Waals surface area contributed by atoms with Gasteiger partial charge in [0.1, 0.15) is 5.75 Å². The van der Waals surface area contributed by atoms with E-state index in [9.17, 15) is 15.0 Å². The first-order valence-corrected chi connectivity index (χ1v) is 6.09. The van der Waals surface area contributed by atoms with Crippen LogP contribution in [0, 0.1) is 0 Å². The topological polar surface area (TPSA) is 89.8 Å². The lowest BCUT2D eigenvalue weighted by Gasteiger charge is -2.23. The second-order valence-electron chi connectivity index (χ2n) is 4.37. The summed E-state index contributed by atoms with van der Waals surface area (Å²) in [5.41, 5.74) is 1.17. The van der Waals surface area contributed by atoms with Crippen LogP contribution in [0.25, 0.3) is 0 Å². The summed E-state index contributed by atoms with van der Waals surface area (Å²) in [4.78, 5) is 11.0. The summed E-state index contributed by atoms with van der Waals surface area (Å²) in [6.45, 7) is 0. The third-order valence-corrected chi connectivity index (χ3v) is 2.90. The molecule has 0 saturated heterocycles. The molecule has 20 heavy (non-hydrogen) atoms. The summed E-state index contributed by atoms with van der Waals surface area (Å²) < 4.78 is 0. The van der Waals surface area contributed by atoms with E-state index in [0.29, 0.717) is 11.3 Å². The number of phenolic OH excluding ortho intramolecular Hbond substituents is 1. The number of aliphatic hydroxyl groups is 1. The van der Waals surface area contributed by atoms with Crippen LogP contribution in [0.3, 0.4) is 0 Å². The van der Waals surface area contributed by atoms with E-state index in [1.165, 1.54) is 12.1 Å². The van der Waals surface area contributed by atoms with Crippen LogP contribution >= 0.6 is 0 Å². The van der Waals surface area contributed by atoms with Crippen LogP contribution in [0.1, 0.15) is 11.6 Å². The van der Waals surface area contributed by atoms with E-state index in [-0.39, 0.29) is 5.75 Å². The number of carboxylic acid groups (broad SMARTS) is 1. The molecule has 0 aliphatic heterocycles. The van der Waals surface area contributed by atoms with Crippen LogP contribution in [0.5, 0.6) is 5.75 Å². The number of benzene rings is 2. The molecule has 0 fully saturated rings. The van der Waals surface area contributed by atoms with Gasteiger partial charge in [0.05, 0.1) is 6.04 Å². The van der Waals surface area contributed by atoms with Gasteiger partial charge in [0, 0.05) is 11.8 Å². The maximum absolute atomic E-state index is 11.0. The molecule has 0 aliphatic rings. The first-order chi connectivity index (χ1) is 9.58. The Labute approximate surface area is 116 Å². The zero-order valence-electron chi connectivity index (χ0n) is 10.6. The van der Waals surface area contributed by atoms with E-state index in [1.807, 2.05) is 6.07 Å². The molecule has 2 atom stereocenters. The van der Waals surface area contributed by atoms with Gasteiger partial charge in [-0.15, -0.1) is 0 Å². The molecule has 2 unspecified atom stereocenters. The van der Waals surface area contributed by atoms with Crippen LogP contribution in [-0.4, -0.2) is 27.4 Å². The minimum atomic E-state index is -1.60. The molecule has 0 aromatic heterocycles. The van der Waals surface area contributed by atoms with Crippen molar-refractivity contribution in [2.24, 2.45) is 0 Å². The molecule has 0 saturated carbocycles. The van der Waals surface area contributed by atoms with Gasteiger partial charge in [-0.25, -0.2) is 4.79 Å². The van der Waals surface area contributed by atoms with Crippen molar-refractivity contribution in [1.82, 2.24) is 0 Å². The summed E-state index contributed by atoms with van der Waals surface area (Å²) >= 11 is 0. The second kappa shape index (κ2) is 6.08. The standard InChI is InChI=1S/C15H15NO4/c17-12-8-4-7-11(9-12)16-13(14(18)15(19)20)10-5-2-1-3-6-10/h1-9,13-14,16-18H,(H,19,20). The number of carbonyl (C=O) groups is 1. The third kappa shape index (κ3) is 3.27. The minimum Gasteiger partial charge on any atom is -0.508 e. The van der Waals surface area contributed by atoms with Crippen molar-refractivity contribution in [1.29, 1.82) is 0 Å². The molecular formula is C15H15NO4. The number of aliphatic carboxylic acids is 1. The smallest absolute Gasteiger partial charge is 0.335 e. The number of aliphatic hydroxyl groups excluding tert-OH is 1. The van der Waals surface area contributed by atoms with E-state index in [4.69, 9.17) is 5.11 Å². The summed E-state index contributed by atoms with van der Waals surface area (Å²) in [6.07, 6.45) is -1.60. The van der Waals surface area contributed by atoms with Gasteiger partial charge >= 0.3 is 5.97 Å². The number of carboxylic acids is 1. The fourth-order valence-electron chi connectivity index (χ4n) is 1.92. The monoisotopic (exact) mass is 273 g/mol. The Morgan fingerprint density at radius 1 is 1.05 bits per heavy atom. The van der Waals surface area contributed by atoms with Gasteiger partial charge in [-0.2, -0.15) is 0 Å². The van der Waals surface area contributed by atoms with E-state index in [2.05, 4.69) is 5.32 Å². The van der Waals surface area contributed by atoms with Crippen LogP contribution in [0.2, 0.25) is 0 Å². The van der Waals surface area contributed by atoms with Gasteiger partial charge in [-0.3, -0.25) is 0 Å². The molecule has 0 spiro atoms. The molecule has 2 aromatic carbocycles. The predicted octanol–water partition coefficient (Wildman–Crippen LogP) is 1.99. The fourth-order valence-corrected chi connectivity index (χ4v) is 1.92. The lowest BCUT2D eigenvalue weighted by Crippen LogP contribution is -2.32. The van der Waals surface area contributed by atoms with Gasteiger partial charge in [0.25, 0.3) is 0 Å². The molecule has 0 bridgehead atoms. The zero-order valence-corrected chi connectivity index (χ0v) is 10.6. The Balaban J connectivity index is 2.30. The predicted molar refractivity (Wildman–Crippen MR) is 74.6 cm³/mol. The normalized spacial score (nSPS) is 13.4. The van der Waals surface area contributed by atoms with Gasteiger partial charge < -0.3 is 20.6 Å². The van der Waals surface area contributed by atoms with Crippen LogP contribution in [0.4, 0.5) is 5.69 Å². The molecule has 5 heteroatoms. The lowest BCUT2D eigenvalue weighted by molar-refractivity contribution is -0.147. The molecule has 0 heterocycles. The molecule has 2 rings (SSSR count). The Hall–Kier alpha value is -2.53. The zero-order chi connectivity index (χ0) is 14.5.